The zero-order valence-electron chi connectivity index (χ0n) is 16.6. The fourth-order valence-electron chi connectivity index (χ4n) is 3.63. The lowest BCUT2D eigenvalue weighted by atomic mass is 10.0. The molecule has 1 aliphatic carbocycles. The number of hydrogen-bond acceptors (Lipinski definition) is 5. The van der Waals surface area contributed by atoms with Crippen molar-refractivity contribution in [3.63, 3.8) is 0 Å². The Morgan fingerprint density at radius 1 is 1.10 bits per heavy atom. The molecule has 154 valence electrons. The number of amides is 1. The molecule has 0 unspecified atom stereocenters. The largest absolute Gasteiger partial charge is 0.463 e. The normalized spacial score (nSPS) is 13.3. The fraction of sp³-hybridized carbons (Fsp3) is 0.167. The van der Waals surface area contributed by atoms with Gasteiger partial charge in [0.25, 0.3) is 0 Å². The van der Waals surface area contributed by atoms with Crippen LogP contribution >= 0.6 is 0 Å². The lowest BCUT2D eigenvalue weighted by molar-refractivity contribution is -0.116. The van der Waals surface area contributed by atoms with E-state index in [4.69, 9.17) is 4.42 Å². The van der Waals surface area contributed by atoms with E-state index in [0.29, 0.717) is 22.6 Å². The van der Waals surface area contributed by atoms with Gasteiger partial charge in [-0.15, -0.1) is 0 Å². The van der Waals surface area contributed by atoms with E-state index in [1.807, 2.05) is 6.07 Å². The topological polar surface area (TPSA) is 94.2 Å². The Morgan fingerprint density at radius 3 is 2.68 bits per heavy atom. The summed E-state index contributed by atoms with van der Waals surface area (Å²) in [7, 11) is 0. The summed E-state index contributed by atoms with van der Waals surface area (Å²) in [5, 5.41) is 4.43. The molecule has 0 radical (unpaired) electrons. The monoisotopic (exact) mass is 413 g/mol. The number of carbonyl (C=O) groups is 2. The molecule has 1 N–H and O–H groups in total. The van der Waals surface area contributed by atoms with Crippen molar-refractivity contribution in [1.82, 2.24) is 9.89 Å². The highest BCUT2D eigenvalue weighted by atomic mass is 16.3. The van der Waals surface area contributed by atoms with Crippen molar-refractivity contribution in [1.29, 1.82) is 0 Å². The van der Waals surface area contributed by atoms with Crippen LogP contribution in [0.1, 0.15) is 45.9 Å². The van der Waals surface area contributed by atoms with Crippen LogP contribution in [-0.4, -0.2) is 21.6 Å². The molecule has 1 fully saturated rings. The molecule has 0 atom stereocenters. The Balaban J connectivity index is 1.40. The molecule has 0 saturated heterocycles. The van der Waals surface area contributed by atoms with Crippen molar-refractivity contribution >= 4 is 22.7 Å². The summed E-state index contributed by atoms with van der Waals surface area (Å²) < 4.78 is 5.52. The van der Waals surface area contributed by atoms with Crippen LogP contribution in [0.3, 0.4) is 0 Å². The van der Waals surface area contributed by atoms with Crippen LogP contribution in [0, 0.1) is 0 Å². The number of nitrogens with one attached hydrogen (secondary N) is 1. The Morgan fingerprint density at radius 2 is 1.90 bits per heavy atom. The smallest absolute Gasteiger partial charge is 0.244 e. The highest BCUT2D eigenvalue weighted by molar-refractivity contribution is 6.09. The first-order valence-corrected chi connectivity index (χ1v) is 10.1. The van der Waals surface area contributed by atoms with Crippen molar-refractivity contribution < 1.29 is 14.0 Å². The first-order chi connectivity index (χ1) is 15.1. The van der Waals surface area contributed by atoms with Gasteiger partial charge in [-0.25, -0.2) is 5.43 Å². The van der Waals surface area contributed by atoms with Crippen LogP contribution in [0.4, 0.5) is 0 Å². The van der Waals surface area contributed by atoms with Gasteiger partial charge < -0.3 is 4.42 Å². The lowest BCUT2D eigenvalue weighted by Crippen LogP contribution is -2.27. The highest BCUT2D eigenvalue weighted by Gasteiger charge is 2.27. The summed E-state index contributed by atoms with van der Waals surface area (Å²) in [6.07, 6.45) is 5.14. The molecule has 1 amide bonds. The van der Waals surface area contributed by atoms with Crippen LogP contribution in [0.15, 0.2) is 76.3 Å². The number of rotatable bonds is 6. The number of hydrogen-bond donors (Lipinski definition) is 1. The standard InChI is InChI=1S/C24H19N3O4/c28-22(26-27-20(10-11-25-27)16-7-8-16)13-15-6-9-21-18(12-15)24(30)19(14-31-21)23(29)17-4-2-1-3-5-17/h1-6,9-12,14,16H,7-8,13H2,(H,26,28). The van der Waals surface area contributed by atoms with Crippen LogP contribution in [0.2, 0.25) is 0 Å². The number of benzene rings is 2. The van der Waals surface area contributed by atoms with Crippen molar-refractivity contribution in [3.8, 4) is 0 Å². The summed E-state index contributed by atoms with van der Waals surface area (Å²) in [5.41, 5.74) is 4.75. The summed E-state index contributed by atoms with van der Waals surface area (Å²) in [4.78, 5) is 39.7. The van der Waals surface area contributed by atoms with E-state index in [-0.39, 0.29) is 23.3 Å². The molecule has 0 spiro atoms. The van der Waals surface area contributed by atoms with Gasteiger partial charge in [0.2, 0.25) is 11.3 Å². The molecular weight excluding hydrogens is 394 g/mol. The van der Waals surface area contributed by atoms with Gasteiger partial charge in [0.05, 0.1) is 23.7 Å². The van der Waals surface area contributed by atoms with Gasteiger partial charge in [-0.05, 0) is 36.6 Å². The van der Waals surface area contributed by atoms with Crippen molar-refractivity contribution in [2.75, 3.05) is 5.43 Å². The van der Waals surface area contributed by atoms with Crippen LogP contribution in [0.25, 0.3) is 11.0 Å². The zero-order valence-corrected chi connectivity index (χ0v) is 16.6. The van der Waals surface area contributed by atoms with Crippen LogP contribution < -0.4 is 10.9 Å². The quantitative estimate of drug-likeness (QED) is 0.489. The van der Waals surface area contributed by atoms with Crippen molar-refractivity contribution in [3.05, 3.63) is 99.7 Å². The number of ketones is 1. The summed E-state index contributed by atoms with van der Waals surface area (Å²) >= 11 is 0. The SMILES string of the molecule is O=C(Cc1ccc2occ(C(=O)c3ccccc3)c(=O)c2c1)Nn1nccc1C1CC1. The highest BCUT2D eigenvalue weighted by Crippen LogP contribution is 2.39. The van der Waals surface area contributed by atoms with E-state index in [2.05, 4.69) is 10.5 Å². The second-order valence-corrected chi connectivity index (χ2v) is 7.66. The fourth-order valence-corrected chi connectivity index (χ4v) is 3.63. The Kier molecular flexibility index (Phi) is 4.71. The molecule has 1 aliphatic rings. The van der Waals surface area contributed by atoms with Crippen LogP contribution in [0.5, 0.6) is 0 Å². The molecule has 31 heavy (non-hydrogen) atoms. The van der Waals surface area contributed by atoms with E-state index in [0.717, 1.165) is 18.5 Å². The number of aromatic nitrogens is 2. The van der Waals surface area contributed by atoms with E-state index in [1.165, 1.54) is 11.1 Å². The second-order valence-electron chi connectivity index (χ2n) is 7.66. The van der Waals surface area contributed by atoms with Crippen molar-refractivity contribution in [2.24, 2.45) is 0 Å². The minimum absolute atomic E-state index is 0.0362. The molecule has 7 heteroatoms. The third-order valence-corrected chi connectivity index (χ3v) is 5.38. The average molecular weight is 413 g/mol. The predicted octanol–water partition coefficient (Wildman–Crippen LogP) is 3.41. The van der Waals surface area contributed by atoms with Gasteiger partial charge >= 0.3 is 0 Å². The Bertz CT molecular complexity index is 1350. The van der Waals surface area contributed by atoms with Gasteiger partial charge in [0.15, 0.2) is 5.78 Å². The third kappa shape index (κ3) is 3.77. The van der Waals surface area contributed by atoms with Gasteiger partial charge in [0, 0.05) is 11.5 Å². The minimum Gasteiger partial charge on any atom is -0.463 e. The van der Waals surface area contributed by atoms with Gasteiger partial charge in [-0.2, -0.15) is 9.89 Å². The first kappa shape index (κ1) is 19.0. The summed E-state index contributed by atoms with van der Waals surface area (Å²) in [6, 6.07) is 15.5. The molecule has 5 rings (SSSR count). The van der Waals surface area contributed by atoms with Gasteiger partial charge in [0.1, 0.15) is 17.4 Å². The van der Waals surface area contributed by atoms with E-state index < -0.39 is 11.2 Å². The predicted molar refractivity (Wildman–Crippen MR) is 115 cm³/mol. The van der Waals surface area contributed by atoms with Crippen LogP contribution in [-0.2, 0) is 11.2 Å². The molecule has 1 saturated carbocycles. The Hall–Kier alpha value is -4.00. The maximum atomic E-state index is 13.0. The summed E-state index contributed by atoms with van der Waals surface area (Å²) in [6.45, 7) is 0. The maximum Gasteiger partial charge on any atom is 0.244 e. The number of fused-ring (bicyclic) bond motifs is 1. The lowest BCUT2D eigenvalue weighted by Gasteiger charge is -2.09. The molecule has 4 aromatic rings. The zero-order chi connectivity index (χ0) is 21.4. The molecule has 2 aromatic heterocycles. The molecule has 2 heterocycles. The number of nitrogens with zero attached hydrogens (tertiary/aromatic N) is 2. The van der Waals surface area contributed by atoms with E-state index >= 15 is 0 Å². The molecule has 2 aromatic carbocycles. The van der Waals surface area contributed by atoms with Gasteiger partial charge in [-0.3, -0.25) is 14.4 Å². The third-order valence-electron chi connectivity index (χ3n) is 5.38. The maximum absolute atomic E-state index is 13.0. The second kappa shape index (κ2) is 7.68. The van der Waals surface area contributed by atoms with Crippen molar-refractivity contribution in [2.45, 2.75) is 25.2 Å². The Labute approximate surface area is 177 Å². The summed E-state index contributed by atoms with van der Waals surface area (Å²) in [5.74, 6) is -0.190. The minimum atomic E-state index is -0.416. The molecule has 0 bridgehead atoms. The first-order valence-electron chi connectivity index (χ1n) is 10.1. The van der Waals surface area contributed by atoms with Gasteiger partial charge in [-0.1, -0.05) is 36.4 Å². The molecule has 0 aliphatic heterocycles. The number of carbonyl (C=O) groups excluding carboxylic acids is 2. The van der Waals surface area contributed by atoms with E-state index in [9.17, 15) is 14.4 Å². The van der Waals surface area contributed by atoms with E-state index in [1.54, 1.807) is 54.7 Å². The molecular formula is C24H19N3O4. The molecule has 7 nitrogen and oxygen atoms in total. The average Bonchev–Trinajstić information content (AvgIpc) is 3.53.